The lowest BCUT2D eigenvalue weighted by Gasteiger charge is -2.21. The van der Waals surface area contributed by atoms with Crippen molar-refractivity contribution in [2.75, 3.05) is 5.32 Å². The molecule has 1 saturated carbocycles. The van der Waals surface area contributed by atoms with Gasteiger partial charge >= 0.3 is 5.97 Å². The van der Waals surface area contributed by atoms with Gasteiger partial charge in [-0.2, -0.15) is 0 Å². The molecule has 5 nitrogen and oxygen atoms in total. The first-order valence-corrected chi connectivity index (χ1v) is 7.85. The van der Waals surface area contributed by atoms with Gasteiger partial charge in [-0.1, -0.05) is 19.8 Å². The van der Waals surface area contributed by atoms with Crippen molar-refractivity contribution in [2.45, 2.75) is 51.9 Å². The van der Waals surface area contributed by atoms with Crippen LogP contribution >= 0.6 is 11.3 Å². The third-order valence-corrected chi connectivity index (χ3v) is 4.66. The smallest absolute Gasteiger partial charge is 0.303 e. The lowest BCUT2D eigenvalue weighted by Crippen LogP contribution is -2.30. The molecule has 20 heavy (non-hydrogen) atoms. The van der Waals surface area contributed by atoms with Gasteiger partial charge in [0.05, 0.1) is 5.69 Å². The Bertz CT molecular complexity index is 492. The zero-order valence-electron chi connectivity index (χ0n) is 11.6. The van der Waals surface area contributed by atoms with E-state index in [-0.39, 0.29) is 17.7 Å². The molecule has 1 heterocycles. The van der Waals surface area contributed by atoms with E-state index in [0.29, 0.717) is 18.0 Å². The van der Waals surface area contributed by atoms with Crippen LogP contribution in [0.5, 0.6) is 0 Å². The van der Waals surface area contributed by atoms with E-state index in [4.69, 9.17) is 5.11 Å². The summed E-state index contributed by atoms with van der Waals surface area (Å²) < 4.78 is 0. The van der Waals surface area contributed by atoms with Crippen molar-refractivity contribution in [3.63, 3.8) is 0 Å². The number of carboxylic acid groups (broad SMARTS) is 1. The van der Waals surface area contributed by atoms with E-state index in [1.807, 2.05) is 12.3 Å². The van der Waals surface area contributed by atoms with Crippen molar-refractivity contribution >= 4 is 28.3 Å². The number of aliphatic carboxylic acids is 1. The molecule has 0 unspecified atom stereocenters. The minimum Gasteiger partial charge on any atom is -0.481 e. The third kappa shape index (κ3) is 3.79. The number of nitrogens with zero attached hydrogens (tertiary/aromatic N) is 1. The molecule has 6 heteroatoms. The number of aromatic nitrogens is 1. The molecule has 1 fully saturated rings. The van der Waals surface area contributed by atoms with Gasteiger partial charge in [-0.15, -0.1) is 11.3 Å². The van der Waals surface area contributed by atoms with Gasteiger partial charge < -0.3 is 10.4 Å². The molecule has 0 aliphatic heterocycles. The van der Waals surface area contributed by atoms with E-state index in [9.17, 15) is 9.59 Å². The summed E-state index contributed by atoms with van der Waals surface area (Å²) in [7, 11) is 0. The molecule has 1 aliphatic rings. The number of anilines is 1. The van der Waals surface area contributed by atoms with Crippen molar-refractivity contribution in [3.05, 3.63) is 11.1 Å². The van der Waals surface area contributed by atoms with Crippen LogP contribution in [0.15, 0.2) is 5.38 Å². The molecule has 110 valence electrons. The average Bonchev–Trinajstić information content (AvgIpc) is 2.99. The molecular formula is C14H20N2O3S. The van der Waals surface area contributed by atoms with Gasteiger partial charge in [0, 0.05) is 17.2 Å². The summed E-state index contributed by atoms with van der Waals surface area (Å²) in [5.74, 6) is -0.732. The van der Waals surface area contributed by atoms with Crippen LogP contribution in [-0.2, 0) is 16.0 Å². The number of carbonyl (C=O) groups excluding carboxylic acids is 1. The number of carboxylic acids is 1. The van der Waals surface area contributed by atoms with E-state index in [1.54, 1.807) is 0 Å². The Hall–Kier alpha value is -1.43. The molecule has 2 rings (SSSR count). The van der Waals surface area contributed by atoms with Crippen LogP contribution in [0.1, 0.15) is 51.1 Å². The summed E-state index contributed by atoms with van der Waals surface area (Å²) in [5.41, 5.74) is 0.595. The zero-order valence-corrected chi connectivity index (χ0v) is 12.5. The molecule has 0 saturated heterocycles. The van der Waals surface area contributed by atoms with Crippen molar-refractivity contribution in [1.82, 2.24) is 4.98 Å². The summed E-state index contributed by atoms with van der Waals surface area (Å²) >= 11 is 1.40. The highest BCUT2D eigenvalue weighted by Crippen LogP contribution is 2.38. The van der Waals surface area contributed by atoms with Crippen molar-refractivity contribution in [3.8, 4) is 0 Å². The Kier molecular flexibility index (Phi) is 4.75. The molecule has 1 amide bonds. The van der Waals surface area contributed by atoms with Crippen molar-refractivity contribution in [1.29, 1.82) is 0 Å². The van der Waals surface area contributed by atoms with Gasteiger partial charge in [-0.25, -0.2) is 4.98 Å². The Balaban J connectivity index is 1.86. The number of aryl methyl sites for hydroxylation is 1. The maximum atomic E-state index is 12.2. The lowest BCUT2D eigenvalue weighted by molar-refractivity contribution is -0.137. The van der Waals surface area contributed by atoms with Crippen LogP contribution in [-0.4, -0.2) is 22.0 Å². The molecule has 0 bridgehead atoms. The Labute approximate surface area is 122 Å². The third-order valence-electron chi connectivity index (χ3n) is 3.85. The number of carbonyl (C=O) groups is 2. The minimum atomic E-state index is -0.789. The average molecular weight is 296 g/mol. The summed E-state index contributed by atoms with van der Waals surface area (Å²) in [6, 6.07) is 0. The topological polar surface area (TPSA) is 79.3 Å². The molecule has 0 aromatic carbocycles. The van der Waals surface area contributed by atoms with E-state index < -0.39 is 5.97 Å². The Morgan fingerprint density at radius 3 is 2.80 bits per heavy atom. The largest absolute Gasteiger partial charge is 0.481 e. The first kappa shape index (κ1) is 15.0. The molecule has 0 spiro atoms. The second-order valence-electron chi connectivity index (χ2n) is 5.61. The molecular weight excluding hydrogens is 276 g/mol. The molecule has 0 atom stereocenters. The fourth-order valence-corrected chi connectivity index (χ4v) is 3.27. The summed E-state index contributed by atoms with van der Waals surface area (Å²) in [4.78, 5) is 27.0. The van der Waals surface area contributed by atoms with Gasteiger partial charge in [0.25, 0.3) is 0 Å². The van der Waals surface area contributed by atoms with Crippen LogP contribution in [0.4, 0.5) is 5.13 Å². The van der Waals surface area contributed by atoms with Gasteiger partial charge in [0.2, 0.25) is 5.91 Å². The minimum absolute atomic E-state index is 0.0569. The predicted molar refractivity (Wildman–Crippen MR) is 77.9 cm³/mol. The van der Waals surface area contributed by atoms with Gasteiger partial charge in [0.1, 0.15) is 0 Å². The maximum Gasteiger partial charge on any atom is 0.303 e. The molecule has 1 aromatic rings. The summed E-state index contributed by atoms with van der Waals surface area (Å²) in [6.07, 6.45) is 5.47. The Morgan fingerprint density at radius 2 is 2.15 bits per heavy atom. The van der Waals surface area contributed by atoms with E-state index in [0.717, 1.165) is 31.4 Å². The van der Waals surface area contributed by atoms with Crippen LogP contribution in [0.25, 0.3) is 0 Å². The second kappa shape index (κ2) is 6.35. The van der Waals surface area contributed by atoms with Crippen molar-refractivity contribution < 1.29 is 14.7 Å². The maximum absolute atomic E-state index is 12.2. The van der Waals surface area contributed by atoms with Crippen LogP contribution < -0.4 is 5.32 Å². The first-order chi connectivity index (χ1) is 9.49. The fraction of sp³-hybridized carbons (Fsp3) is 0.643. The standard InChI is InChI=1S/C14H20N2O3S/c1-14(7-2-3-8-14)12(19)16-13-15-10(9-20-13)5-4-6-11(17)18/h9H,2-8H2,1H3,(H,17,18)(H,15,16,19). The van der Waals surface area contributed by atoms with Crippen LogP contribution in [0.3, 0.4) is 0 Å². The Morgan fingerprint density at radius 1 is 1.45 bits per heavy atom. The number of hydrogen-bond donors (Lipinski definition) is 2. The number of amides is 1. The first-order valence-electron chi connectivity index (χ1n) is 6.97. The quantitative estimate of drug-likeness (QED) is 0.845. The SMILES string of the molecule is CC1(C(=O)Nc2nc(CCCC(=O)O)cs2)CCCC1. The van der Waals surface area contributed by atoms with Crippen LogP contribution in [0, 0.1) is 5.41 Å². The number of rotatable bonds is 6. The molecule has 1 aliphatic carbocycles. The predicted octanol–water partition coefficient (Wildman–Crippen LogP) is 3.07. The van der Waals surface area contributed by atoms with Crippen LogP contribution in [0.2, 0.25) is 0 Å². The van der Waals surface area contributed by atoms with Crippen molar-refractivity contribution in [2.24, 2.45) is 5.41 Å². The number of nitrogens with one attached hydrogen (secondary N) is 1. The number of thiazole rings is 1. The highest BCUT2D eigenvalue weighted by Gasteiger charge is 2.36. The monoisotopic (exact) mass is 296 g/mol. The fourth-order valence-electron chi connectivity index (χ4n) is 2.53. The van der Waals surface area contributed by atoms with Gasteiger partial charge in [-0.05, 0) is 25.7 Å². The van der Waals surface area contributed by atoms with E-state index >= 15 is 0 Å². The second-order valence-corrected chi connectivity index (χ2v) is 6.47. The zero-order chi connectivity index (χ0) is 14.6. The van der Waals surface area contributed by atoms with Gasteiger partial charge in [-0.3, -0.25) is 9.59 Å². The van der Waals surface area contributed by atoms with E-state index in [1.165, 1.54) is 11.3 Å². The summed E-state index contributed by atoms with van der Waals surface area (Å²) in [5, 5.41) is 14.0. The normalized spacial score (nSPS) is 17.1. The number of hydrogen-bond acceptors (Lipinski definition) is 4. The lowest BCUT2D eigenvalue weighted by atomic mass is 9.88. The molecule has 0 radical (unpaired) electrons. The molecule has 1 aromatic heterocycles. The highest BCUT2D eigenvalue weighted by atomic mass is 32.1. The van der Waals surface area contributed by atoms with Gasteiger partial charge in [0.15, 0.2) is 5.13 Å². The molecule has 2 N–H and O–H groups in total. The highest BCUT2D eigenvalue weighted by molar-refractivity contribution is 7.13. The summed E-state index contributed by atoms with van der Waals surface area (Å²) in [6.45, 7) is 2.01. The van der Waals surface area contributed by atoms with E-state index in [2.05, 4.69) is 10.3 Å².